The summed E-state index contributed by atoms with van der Waals surface area (Å²) in [6, 6.07) is 3.82. The van der Waals surface area contributed by atoms with E-state index >= 15 is 0 Å². The van der Waals surface area contributed by atoms with Gasteiger partial charge in [-0.05, 0) is 18.6 Å². The van der Waals surface area contributed by atoms with Gasteiger partial charge >= 0.3 is 0 Å². The zero-order valence-electron chi connectivity index (χ0n) is 9.24. The second-order valence-electron chi connectivity index (χ2n) is 3.51. The van der Waals surface area contributed by atoms with Crippen LogP contribution in [0, 0.1) is 0 Å². The van der Waals surface area contributed by atoms with Crippen LogP contribution in [0.5, 0.6) is 5.75 Å². The Hall–Kier alpha value is -1.71. The van der Waals surface area contributed by atoms with Crippen molar-refractivity contribution in [2.45, 2.75) is 13.3 Å². The summed E-state index contributed by atoms with van der Waals surface area (Å²) in [4.78, 5) is 0. The fourth-order valence-electron chi connectivity index (χ4n) is 1.89. The molecule has 0 saturated carbocycles. The van der Waals surface area contributed by atoms with Gasteiger partial charge < -0.3 is 10.5 Å². The molecule has 4 heteroatoms. The number of benzene rings is 1. The number of aryl methyl sites for hydroxylation is 2. The molecule has 0 saturated heterocycles. The molecule has 1 heterocycles. The van der Waals surface area contributed by atoms with Gasteiger partial charge in [0.15, 0.2) is 5.75 Å². The van der Waals surface area contributed by atoms with Crippen LogP contribution in [0.3, 0.4) is 0 Å². The molecule has 0 unspecified atom stereocenters. The average molecular weight is 205 g/mol. The van der Waals surface area contributed by atoms with Gasteiger partial charge in [-0.25, -0.2) is 0 Å². The molecule has 0 atom stereocenters. The first kappa shape index (κ1) is 9.83. The Morgan fingerprint density at radius 1 is 1.47 bits per heavy atom. The second kappa shape index (κ2) is 3.46. The molecule has 15 heavy (non-hydrogen) atoms. The van der Waals surface area contributed by atoms with E-state index in [4.69, 9.17) is 10.5 Å². The number of fused-ring (bicyclic) bond motifs is 1. The highest BCUT2D eigenvalue weighted by atomic mass is 16.5. The molecule has 2 rings (SSSR count). The first-order chi connectivity index (χ1) is 7.19. The lowest BCUT2D eigenvalue weighted by Crippen LogP contribution is -1.94. The van der Waals surface area contributed by atoms with E-state index in [1.54, 1.807) is 7.11 Å². The minimum Gasteiger partial charge on any atom is -0.494 e. The highest BCUT2D eigenvalue weighted by Crippen LogP contribution is 2.33. The van der Waals surface area contributed by atoms with Gasteiger partial charge in [0.05, 0.1) is 29.4 Å². The van der Waals surface area contributed by atoms with Crippen LogP contribution in [0.15, 0.2) is 12.1 Å². The standard InChI is InChI=1S/C11H15N3O/c1-4-8-10-9(14(2)13-8)6-5-7(12)11(10)15-3/h5-6H,4,12H2,1-3H3. The van der Waals surface area contributed by atoms with Crippen LogP contribution in [-0.4, -0.2) is 16.9 Å². The summed E-state index contributed by atoms with van der Waals surface area (Å²) in [5.41, 5.74) is 8.61. The normalized spacial score (nSPS) is 10.9. The zero-order chi connectivity index (χ0) is 11.0. The van der Waals surface area contributed by atoms with E-state index in [-0.39, 0.29) is 0 Å². The molecule has 1 aromatic heterocycles. The van der Waals surface area contributed by atoms with Crippen LogP contribution < -0.4 is 10.5 Å². The Labute approximate surface area is 88.6 Å². The summed E-state index contributed by atoms with van der Waals surface area (Å²) in [7, 11) is 3.56. The molecule has 2 aromatic rings. The number of nitrogens with zero attached hydrogens (tertiary/aromatic N) is 2. The molecule has 0 radical (unpaired) electrons. The van der Waals surface area contributed by atoms with Crippen molar-refractivity contribution in [1.82, 2.24) is 9.78 Å². The number of methoxy groups -OCH3 is 1. The predicted molar refractivity (Wildman–Crippen MR) is 61.1 cm³/mol. The molecular formula is C11H15N3O. The van der Waals surface area contributed by atoms with E-state index < -0.39 is 0 Å². The van der Waals surface area contributed by atoms with Crippen LogP contribution in [0.2, 0.25) is 0 Å². The van der Waals surface area contributed by atoms with Crippen molar-refractivity contribution in [2.24, 2.45) is 7.05 Å². The van der Waals surface area contributed by atoms with Gasteiger partial charge in [0.1, 0.15) is 0 Å². The van der Waals surface area contributed by atoms with Gasteiger partial charge in [0.2, 0.25) is 0 Å². The Morgan fingerprint density at radius 2 is 2.20 bits per heavy atom. The second-order valence-corrected chi connectivity index (χ2v) is 3.51. The number of nitrogens with two attached hydrogens (primary N) is 1. The van der Waals surface area contributed by atoms with Gasteiger partial charge in [-0.2, -0.15) is 5.10 Å². The molecule has 4 nitrogen and oxygen atoms in total. The molecule has 0 aliphatic rings. The number of anilines is 1. The minimum absolute atomic E-state index is 0.660. The lowest BCUT2D eigenvalue weighted by Gasteiger charge is -2.06. The van der Waals surface area contributed by atoms with E-state index in [0.29, 0.717) is 5.69 Å². The Balaban J connectivity index is 2.88. The topological polar surface area (TPSA) is 53.1 Å². The molecule has 2 N–H and O–H groups in total. The van der Waals surface area contributed by atoms with E-state index in [9.17, 15) is 0 Å². The SMILES string of the molecule is CCc1nn(C)c2ccc(N)c(OC)c12. The highest BCUT2D eigenvalue weighted by Gasteiger charge is 2.14. The van der Waals surface area contributed by atoms with Crippen LogP contribution in [-0.2, 0) is 13.5 Å². The lowest BCUT2D eigenvalue weighted by atomic mass is 10.1. The number of aromatic nitrogens is 2. The number of hydrogen-bond donors (Lipinski definition) is 1. The molecule has 0 aliphatic carbocycles. The third-order valence-corrected chi connectivity index (χ3v) is 2.61. The third-order valence-electron chi connectivity index (χ3n) is 2.61. The monoisotopic (exact) mass is 205 g/mol. The minimum atomic E-state index is 0.660. The summed E-state index contributed by atoms with van der Waals surface area (Å²) in [6.45, 7) is 2.07. The van der Waals surface area contributed by atoms with Crippen molar-refractivity contribution < 1.29 is 4.74 Å². The van der Waals surface area contributed by atoms with Crippen molar-refractivity contribution in [2.75, 3.05) is 12.8 Å². The van der Waals surface area contributed by atoms with Crippen LogP contribution in [0.25, 0.3) is 10.9 Å². The van der Waals surface area contributed by atoms with Crippen LogP contribution in [0.1, 0.15) is 12.6 Å². The van der Waals surface area contributed by atoms with Crippen molar-refractivity contribution in [3.05, 3.63) is 17.8 Å². The average Bonchev–Trinajstić information content (AvgIpc) is 2.55. The summed E-state index contributed by atoms with van der Waals surface area (Å²) < 4.78 is 7.19. The van der Waals surface area contributed by atoms with Gasteiger partial charge in [-0.1, -0.05) is 6.92 Å². The quantitative estimate of drug-likeness (QED) is 0.759. The zero-order valence-corrected chi connectivity index (χ0v) is 9.24. The molecule has 0 bridgehead atoms. The maximum Gasteiger partial charge on any atom is 0.153 e. The van der Waals surface area contributed by atoms with Crippen LogP contribution in [0.4, 0.5) is 5.69 Å². The van der Waals surface area contributed by atoms with Crippen molar-refractivity contribution in [3.8, 4) is 5.75 Å². The number of nitrogen functional groups attached to an aromatic ring is 1. The van der Waals surface area contributed by atoms with Gasteiger partial charge in [-0.15, -0.1) is 0 Å². The van der Waals surface area contributed by atoms with Gasteiger partial charge in [0.25, 0.3) is 0 Å². The molecule has 0 aliphatic heterocycles. The summed E-state index contributed by atoms with van der Waals surface area (Å²) in [6.07, 6.45) is 0.872. The Morgan fingerprint density at radius 3 is 2.80 bits per heavy atom. The fraction of sp³-hybridized carbons (Fsp3) is 0.364. The van der Waals surface area contributed by atoms with E-state index in [1.807, 2.05) is 23.9 Å². The summed E-state index contributed by atoms with van der Waals surface area (Å²) in [5, 5.41) is 5.47. The molecule has 0 spiro atoms. The van der Waals surface area contributed by atoms with E-state index in [1.165, 1.54) is 0 Å². The lowest BCUT2D eigenvalue weighted by molar-refractivity contribution is 0.421. The smallest absolute Gasteiger partial charge is 0.153 e. The summed E-state index contributed by atoms with van der Waals surface area (Å²) in [5.74, 6) is 0.734. The fourth-order valence-corrected chi connectivity index (χ4v) is 1.89. The van der Waals surface area contributed by atoms with E-state index in [2.05, 4.69) is 12.0 Å². The van der Waals surface area contributed by atoms with Crippen molar-refractivity contribution in [1.29, 1.82) is 0 Å². The Kier molecular flexibility index (Phi) is 2.26. The van der Waals surface area contributed by atoms with Crippen LogP contribution >= 0.6 is 0 Å². The maximum absolute atomic E-state index is 5.87. The molecular weight excluding hydrogens is 190 g/mol. The van der Waals surface area contributed by atoms with Crippen molar-refractivity contribution in [3.63, 3.8) is 0 Å². The molecule has 0 fully saturated rings. The number of rotatable bonds is 2. The number of hydrogen-bond acceptors (Lipinski definition) is 3. The van der Waals surface area contributed by atoms with Gasteiger partial charge in [0, 0.05) is 7.05 Å². The molecule has 0 amide bonds. The Bertz CT molecular complexity index is 502. The predicted octanol–water partition coefficient (Wildman–Crippen LogP) is 1.73. The highest BCUT2D eigenvalue weighted by molar-refractivity contribution is 5.93. The first-order valence-electron chi connectivity index (χ1n) is 4.97. The largest absolute Gasteiger partial charge is 0.494 e. The maximum atomic E-state index is 5.87. The van der Waals surface area contributed by atoms with Crippen molar-refractivity contribution >= 4 is 16.6 Å². The van der Waals surface area contributed by atoms with E-state index in [0.717, 1.165) is 28.8 Å². The number of ether oxygens (including phenoxy) is 1. The molecule has 1 aromatic carbocycles. The first-order valence-corrected chi connectivity index (χ1v) is 4.97. The molecule has 80 valence electrons. The summed E-state index contributed by atoms with van der Waals surface area (Å²) >= 11 is 0. The third kappa shape index (κ3) is 1.33. The van der Waals surface area contributed by atoms with Gasteiger partial charge in [-0.3, -0.25) is 4.68 Å².